The summed E-state index contributed by atoms with van der Waals surface area (Å²) in [6.45, 7) is 2.66. The van der Waals surface area contributed by atoms with Crippen molar-refractivity contribution >= 4 is 16.8 Å². The average molecular weight is 273 g/mol. The molecule has 0 saturated heterocycles. The molecule has 20 heavy (non-hydrogen) atoms. The van der Waals surface area contributed by atoms with Crippen LogP contribution in [-0.2, 0) is 11.2 Å². The number of amides is 1. The number of para-hydroxylation sites is 1. The molecule has 0 atom stereocenters. The molecule has 0 aliphatic heterocycles. The number of aromatic nitrogens is 2. The quantitative estimate of drug-likeness (QED) is 0.902. The highest BCUT2D eigenvalue weighted by atomic mass is 16.2. The normalized spacial score (nSPS) is 10.7. The van der Waals surface area contributed by atoms with Crippen molar-refractivity contribution in [3.63, 3.8) is 0 Å². The molecule has 0 aliphatic rings. The van der Waals surface area contributed by atoms with Crippen molar-refractivity contribution in [1.82, 2.24) is 14.9 Å². The molecule has 106 valence electrons. The zero-order chi connectivity index (χ0) is 14.5. The monoisotopic (exact) mass is 273 g/mol. The summed E-state index contributed by atoms with van der Waals surface area (Å²) in [5.74, 6) is 0.760. The van der Waals surface area contributed by atoms with Crippen molar-refractivity contribution in [2.45, 2.75) is 26.2 Å². The molecule has 2 aromatic rings. The standard InChI is InChI=1S/C15H19N3O2/c1-3-18(2)14(19)10-6-9-13-16-12-8-5-4-7-11(12)15(20)17-13/h4-5,7-8H,3,6,9-10H2,1-2H3,(H,16,17,20). The van der Waals surface area contributed by atoms with Crippen molar-refractivity contribution in [3.05, 3.63) is 40.4 Å². The van der Waals surface area contributed by atoms with Gasteiger partial charge in [-0.2, -0.15) is 0 Å². The molecular formula is C15H19N3O2. The van der Waals surface area contributed by atoms with E-state index in [1.165, 1.54) is 0 Å². The fourth-order valence-electron chi connectivity index (χ4n) is 2.03. The van der Waals surface area contributed by atoms with Crippen LogP contribution in [0.1, 0.15) is 25.6 Å². The molecule has 1 heterocycles. The van der Waals surface area contributed by atoms with Crippen LogP contribution in [-0.4, -0.2) is 34.4 Å². The van der Waals surface area contributed by atoms with Crippen LogP contribution in [0.4, 0.5) is 0 Å². The van der Waals surface area contributed by atoms with Gasteiger partial charge in [0.15, 0.2) is 0 Å². The number of nitrogens with zero attached hydrogens (tertiary/aromatic N) is 2. The number of aromatic amines is 1. The number of H-pyrrole nitrogens is 1. The molecular weight excluding hydrogens is 254 g/mol. The zero-order valence-electron chi connectivity index (χ0n) is 11.8. The molecule has 2 rings (SSSR count). The number of aryl methyl sites for hydroxylation is 1. The van der Waals surface area contributed by atoms with E-state index in [0.29, 0.717) is 42.5 Å². The third-order valence-electron chi connectivity index (χ3n) is 3.37. The van der Waals surface area contributed by atoms with Gasteiger partial charge in [-0.1, -0.05) is 12.1 Å². The molecule has 0 spiro atoms. The van der Waals surface area contributed by atoms with Crippen LogP contribution < -0.4 is 5.56 Å². The Kier molecular flexibility index (Phi) is 4.50. The fraction of sp³-hybridized carbons (Fsp3) is 0.400. The number of nitrogens with one attached hydrogen (secondary N) is 1. The van der Waals surface area contributed by atoms with Gasteiger partial charge < -0.3 is 9.88 Å². The Morgan fingerprint density at radius 3 is 2.85 bits per heavy atom. The van der Waals surface area contributed by atoms with Gasteiger partial charge >= 0.3 is 0 Å². The third kappa shape index (κ3) is 3.23. The van der Waals surface area contributed by atoms with Crippen molar-refractivity contribution in [2.75, 3.05) is 13.6 Å². The molecule has 0 fully saturated rings. The Labute approximate surface area is 117 Å². The summed E-state index contributed by atoms with van der Waals surface area (Å²) < 4.78 is 0. The lowest BCUT2D eigenvalue weighted by Gasteiger charge is -2.13. The summed E-state index contributed by atoms with van der Waals surface area (Å²) in [7, 11) is 1.79. The first-order chi connectivity index (χ1) is 9.61. The zero-order valence-corrected chi connectivity index (χ0v) is 11.8. The Hall–Kier alpha value is -2.17. The van der Waals surface area contributed by atoms with E-state index in [-0.39, 0.29) is 11.5 Å². The highest BCUT2D eigenvalue weighted by molar-refractivity contribution is 5.77. The Bertz CT molecular complexity index is 663. The summed E-state index contributed by atoms with van der Waals surface area (Å²) in [4.78, 5) is 32.4. The summed E-state index contributed by atoms with van der Waals surface area (Å²) in [5.41, 5.74) is 0.575. The SMILES string of the molecule is CCN(C)C(=O)CCCc1nc2ccccc2c(=O)[nH]1. The maximum Gasteiger partial charge on any atom is 0.258 e. The molecule has 5 nitrogen and oxygen atoms in total. The second-order valence-corrected chi connectivity index (χ2v) is 4.79. The lowest BCUT2D eigenvalue weighted by molar-refractivity contribution is -0.129. The van der Waals surface area contributed by atoms with Crippen LogP contribution in [0.25, 0.3) is 10.9 Å². The minimum absolute atomic E-state index is 0.121. The van der Waals surface area contributed by atoms with Gasteiger partial charge in [-0.25, -0.2) is 4.98 Å². The van der Waals surface area contributed by atoms with E-state index in [0.717, 1.165) is 0 Å². The Morgan fingerprint density at radius 2 is 2.10 bits per heavy atom. The summed E-state index contributed by atoms with van der Waals surface area (Å²) in [5, 5.41) is 0.595. The molecule has 1 amide bonds. The van der Waals surface area contributed by atoms with Crippen LogP contribution in [0.15, 0.2) is 29.1 Å². The largest absolute Gasteiger partial charge is 0.346 e. The van der Waals surface area contributed by atoms with E-state index >= 15 is 0 Å². The predicted molar refractivity (Wildman–Crippen MR) is 78.6 cm³/mol. The first kappa shape index (κ1) is 14.2. The molecule has 0 bridgehead atoms. The van der Waals surface area contributed by atoms with E-state index in [9.17, 15) is 9.59 Å². The van der Waals surface area contributed by atoms with Gasteiger partial charge in [0.25, 0.3) is 5.56 Å². The van der Waals surface area contributed by atoms with Gasteiger partial charge in [0.2, 0.25) is 5.91 Å². The smallest absolute Gasteiger partial charge is 0.258 e. The summed E-state index contributed by atoms with van der Waals surface area (Å²) in [6.07, 6.45) is 1.76. The molecule has 1 aromatic heterocycles. The lowest BCUT2D eigenvalue weighted by Crippen LogP contribution is -2.26. The van der Waals surface area contributed by atoms with Crippen LogP contribution >= 0.6 is 0 Å². The van der Waals surface area contributed by atoms with E-state index in [1.54, 1.807) is 18.0 Å². The van der Waals surface area contributed by atoms with Gasteiger partial charge in [0.1, 0.15) is 5.82 Å². The molecule has 0 unspecified atom stereocenters. The van der Waals surface area contributed by atoms with Crippen LogP contribution in [0, 0.1) is 0 Å². The van der Waals surface area contributed by atoms with E-state index in [4.69, 9.17) is 0 Å². The minimum atomic E-state index is -0.123. The number of fused-ring (bicyclic) bond motifs is 1. The Balaban J connectivity index is 2.04. The molecule has 5 heteroatoms. The Morgan fingerprint density at radius 1 is 1.35 bits per heavy atom. The van der Waals surface area contributed by atoms with Gasteiger partial charge in [-0.15, -0.1) is 0 Å². The maximum absolute atomic E-state index is 11.9. The lowest BCUT2D eigenvalue weighted by atomic mass is 10.2. The molecule has 1 N–H and O–H groups in total. The average Bonchev–Trinajstić information content (AvgIpc) is 2.46. The van der Waals surface area contributed by atoms with E-state index in [1.807, 2.05) is 25.1 Å². The summed E-state index contributed by atoms with van der Waals surface area (Å²) >= 11 is 0. The fourth-order valence-corrected chi connectivity index (χ4v) is 2.03. The highest BCUT2D eigenvalue weighted by Crippen LogP contribution is 2.07. The molecule has 0 radical (unpaired) electrons. The number of hydrogen-bond acceptors (Lipinski definition) is 3. The van der Waals surface area contributed by atoms with Crippen LogP contribution in [0.2, 0.25) is 0 Å². The first-order valence-electron chi connectivity index (χ1n) is 6.83. The molecule has 0 aliphatic carbocycles. The number of rotatable bonds is 5. The van der Waals surface area contributed by atoms with E-state index in [2.05, 4.69) is 9.97 Å². The van der Waals surface area contributed by atoms with Crippen molar-refractivity contribution < 1.29 is 4.79 Å². The second-order valence-electron chi connectivity index (χ2n) is 4.79. The van der Waals surface area contributed by atoms with Gasteiger partial charge in [-0.3, -0.25) is 9.59 Å². The van der Waals surface area contributed by atoms with Gasteiger partial charge in [-0.05, 0) is 25.5 Å². The first-order valence-corrected chi connectivity index (χ1v) is 6.83. The minimum Gasteiger partial charge on any atom is -0.346 e. The van der Waals surface area contributed by atoms with Crippen LogP contribution in [0.3, 0.4) is 0 Å². The summed E-state index contributed by atoms with van der Waals surface area (Å²) in [6, 6.07) is 7.26. The van der Waals surface area contributed by atoms with Gasteiger partial charge in [0.05, 0.1) is 10.9 Å². The topological polar surface area (TPSA) is 66.1 Å². The van der Waals surface area contributed by atoms with Crippen molar-refractivity contribution in [3.8, 4) is 0 Å². The highest BCUT2D eigenvalue weighted by Gasteiger charge is 2.07. The van der Waals surface area contributed by atoms with E-state index < -0.39 is 0 Å². The van der Waals surface area contributed by atoms with Crippen molar-refractivity contribution in [2.24, 2.45) is 0 Å². The second kappa shape index (κ2) is 6.32. The molecule has 0 saturated carbocycles. The number of benzene rings is 1. The van der Waals surface area contributed by atoms with Crippen molar-refractivity contribution in [1.29, 1.82) is 0 Å². The maximum atomic E-state index is 11.9. The van der Waals surface area contributed by atoms with Crippen LogP contribution in [0.5, 0.6) is 0 Å². The molecule has 1 aromatic carbocycles. The number of carbonyl (C=O) groups excluding carboxylic acids is 1. The number of carbonyl (C=O) groups is 1. The van der Waals surface area contributed by atoms with Gasteiger partial charge in [0, 0.05) is 26.4 Å². The number of hydrogen-bond donors (Lipinski definition) is 1. The predicted octanol–water partition coefficient (Wildman–Crippen LogP) is 1.72. The third-order valence-corrected chi connectivity index (χ3v) is 3.37.